The van der Waals surface area contributed by atoms with Gasteiger partial charge in [-0.1, -0.05) is 6.92 Å². The van der Waals surface area contributed by atoms with Crippen LogP contribution in [0.4, 0.5) is 0 Å². The molecule has 1 amide bonds. The van der Waals surface area contributed by atoms with Gasteiger partial charge in [-0.05, 0) is 58.0 Å². The van der Waals surface area contributed by atoms with Crippen LogP contribution in [0.2, 0.25) is 0 Å². The van der Waals surface area contributed by atoms with Crippen molar-refractivity contribution in [3.8, 4) is 0 Å². The van der Waals surface area contributed by atoms with Crippen molar-refractivity contribution < 1.29 is 9.53 Å². The monoisotopic (exact) mass is 376 g/mol. The molecule has 4 atom stereocenters. The second-order valence-corrected chi connectivity index (χ2v) is 8.38. The van der Waals surface area contributed by atoms with E-state index in [1.54, 1.807) is 0 Å². The summed E-state index contributed by atoms with van der Waals surface area (Å²) >= 11 is 0. The predicted molar refractivity (Wildman–Crippen MR) is 106 cm³/mol. The van der Waals surface area contributed by atoms with Crippen molar-refractivity contribution in [2.75, 3.05) is 26.7 Å². The fourth-order valence-electron chi connectivity index (χ4n) is 4.80. The van der Waals surface area contributed by atoms with Gasteiger partial charge in [0.25, 0.3) is 0 Å². The zero-order valence-electron chi connectivity index (χ0n) is 17.4. The molecule has 3 heterocycles. The molecule has 1 aromatic heterocycles. The molecule has 2 aliphatic rings. The lowest BCUT2D eigenvalue weighted by Crippen LogP contribution is -2.44. The van der Waals surface area contributed by atoms with E-state index in [0.29, 0.717) is 24.5 Å². The number of hydrogen-bond acceptors (Lipinski definition) is 4. The molecule has 0 aliphatic carbocycles. The Bertz CT molecular complexity index is 617. The maximum atomic E-state index is 12.7. The highest BCUT2D eigenvalue weighted by Crippen LogP contribution is 2.36. The van der Waals surface area contributed by atoms with Crippen molar-refractivity contribution in [3.05, 3.63) is 18.0 Å². The SMILES string of the molecule is CCN1CCC[C@@H](CN(C)C(=O)CC[C@@H]2CC[C@H](C)O2)[C@@H]1c1cnn(C)c1. The number of amides is 1. The van der Waals surface area contributed by atoms with Crippen molar-refractivity contribution in [2.24, 2.45) is 13.0 Å². The Morgan fingerprint density at radius 3 is 2.81 bits per heavy atom. The number of likely N-dealkylation sites (tertiary alicyclic amines) is 1. The van der Waals surface area contributed by atoms with Crippen molar-refractivity contribution >= 4 is 5.91 Å². The number of nitrogens with zero attached hydrogens (tertiary/aromatic N) is 4. The highest BCUT2D eigenvalue weighted by Gasteiger charge is 2.34. The Balaban J connectivity index is 1.58. The Morgan fingerprint density at radius 2 is 2.19 bits per heavy atom. The number of carbonyl (C=O) groups is 1. The molecule has 1 aromatic rings. The molecule has 2 fully saturated rings. The summed E-state index contributed by atoms with van der Waals surface area (Å²) in [6.45, 7) is 7.32. The third-order valence-corrected chi connectivity index (χ3v) is 6.27. The molecule has 0 aromatic carbocycles. The minimum absolute atomic E-state index is 0.247. The predicted octanol–water partition coefficient (Wildman–Crippen LogP) is 3.00. The van der Waals surface area contributed by atoms with Crippen LogP contribution >= 0.6 is 0 Å². The quantitative estimate of drug-likeness (QED) is 0.734. The van der Waals surface area contributed by atoms with Gasteiger partial charge in [-0.2, -0.15) is 5.10 Å². The van der Waals surface area contributed by atoms with E-state index in [4.69, 9.17) is 4.74 Å². The first kappa shape index (κ1) is 20.3. The van der Waals surface area contributed by atoms with Crippen LogP contribution in [0.5, 0.6) is 0 Å². The van der Waals surface area contributed by atoms with Gasteiger partial charge in [-0.15, -0.1) is 0 Å². The second-order valence-electron chi connectivity index (χ2n) is 8.38. The second kappa shape index (κ2) is 9.20. The van der Waals surface area contributed by atoms with Crippen LogP contribution in [0.3, 0.4) is 0 Å². The lowest BCUT2D eigenvalue weighted by molar-refractivity contribution is -0.131. The van der Waals surface area contributed by atoms with Gasteiger partial charge in [0.1, 0.15) is 0 Å². The molecule has 27 heavy (non-hydrogen) atoms. The van der Waals surface area contributed by atoms with E-state index in [1.807, 2.05) is 29.9 Å². The van der Waals surface area contributed by atoms with E-state index >= 15 is 0 Å². The molecule has 6 heteroatoms. The Kier molecular flexibility index (Phi) is 6.93. The summed E-state index contributed by atoms with van der Waals surface area (Å²) in [6.07, 6.45) is 10.8. The van der Waals surface area contributed by atoms with Crippen molar-refractivity contribution in [1.82, 2.24) is 19.6 Å². The first-order valence-corrected chi connectivity index (χ1v) is 10.6. The molecule has 0 saturated carbocycles. The van der Waals surface area contributed by atoms with Gasteiger partial charge in [0.05, 0.1) is 18.4 Å². The minimum Gasteiger partial charge on any atom is -0.375 e. The first-order valence-electron chi connectivity index (χ1n) is 10.6. The lowest BCUT2D eigenvalue weighted by atomic mass is 9.85. The number of rotatable bonds is 7. The minimum atomic E-state index is 0.247. The molecule has 2 saturated heterocycles. The number of hydrogen-bond donors (Lipinski definition) is 0. The summed E-state index contributed by atoms with van der Waals surface area (Å²) in [7, 11) is 3.94. The average molecular weight is 377 g/mol. The summed E-state index contributed by atoms with van der Waals surface area (Å²) in [6, 6.07) is 0.353. The van der Waals surface area contributed by atoms with E-state index in [0.717, 1.165) is 45.3 Å². The van der Waals surface area contributed by atoms with Crippen molar-refractivity contribution in [3.63, 3.8) is 0 Å². The normalized spacial score (nSPS) is 29.2. The fraction of sp³-hybridized carbons (Fsp3) is 0.810. The fourth-order valence-corrected chi connectivity index (χ4v) is 4.80. The molecule has 0 spiro atoms. The number of aromatic nitrogens is 2. The summed E-state index contributed by atoms with van der Waals surface area (Å²) in [5.74, 6) is 0.705. The first-order chi connectivity index (χ1) is 13.0. The van der Waals surface area contributed by atoms with Crippen LogP contribution in [0.15, 0.2) is 12.4 Å². The zero-order chi connectivity index (χ0) is 19.4. The number of piperidine rings is 1. The van der Waals surface area contributed by atoms with Crippen LogP contribution in [-0.4, -0.2) is 64.4 Å². The summed E-state index contributed by atoms with van der Waals surface area (Å²) in [5.41, 5.74) is 1.28. The summed E-state index contributed by atoms with van der Waals surface area (Å²) in [4.78, 5) is 17.2. The lowest BCUT2D eigenvalue weighted by Gasteiger charge is -2.42. The van der Waals surface area contributed by atoms with E-state index in [9.17, 15) is 4.79 Å². The molecule has 6 nitrogen and oxygen atoms in total. The molecular formula is C21H36N4O2. The smallest absolute Gasteiger partial charge is 0.222 e. The van der Waals surface area contributed by atoms with Gasteiger partial charge in [-0.25, -0.2) is 0 Å². The van der Waals surface area contributed by atoms with Crippen LogP contribution in [0, 0.1) is 5.92 Å². The van der Waals surface area contributed by atoms with Crippen LogP contribution in [0.25, 0.3) is 0 Å². The molecule has 2 aliphatic heterocycles. The van der Waals surface area contributed by atoms with Crippen LogP contribution in [0.1, 0.15) is 64.0 Å². The van der Waals surface area contributed by atoms with Gasteiger partial charge in [-0.3, -0.25) is 14.4 Å². The number of ether oxygens (including phenoxy) is 1. The molecule has 0 N–H and O–H groups in total. The molecule has 152 valence electrons. The van der Waals surface area contributed by atoms with E-state index < -0.39 is 0 Å². The zero-order valence-corrected chi connectivity index (χ0v) is 17.4. The molecule has 3 rings (SSSR count). The van der Waals surface area contributed by atoms with E-state index in [1.165, 1.54) is 12.0 Å². The van der Waals surface area contributed by atoms with Crippen molar-refractivity contribution in [1.29, 1.82) is 0 Å². The standard InChI is InChI=1S/C21H36N4O2/c1-5-25-12-6-7-17(21(25)18-13-22-24(4)15-18)14-23(3)20(26)11-10-19-9-8-16(2)27-19/h13,15-17,19,21H,5-12,14H2,1-4H3/t16-,17-,19-,21+/m0/s1. The Morgan fingerprint density at radius 1 is 1.37 bits per heavy atom. The number of aryl methyl sites for hydroxylation is 1. The summed E-state index contributed by atoms with van der Waals surface area (Å²) < 4.78 is 7.74. The van der Waals surface area contributed by atoms with Gasteiger partial charge in [0.15, 0.2) is 0 Å². The maximum absolute atomic E-state index is 12.7. The van der Waals surface area contributed by atoms with Gasteiger partial charge in [0, 0.05) is 44.9 Å². The Labute approximate surface area is 163 Å². The third-order valence-electron chi connectivity index (χ3n) is 6.27. The number of carbonyl (C=O) groups excluding carboxylic acids is 1. The third kappa shape index (κ3) is 5.11. The molecule has 0 unspecified atom stereocenters. The van der Waals surface area contributed by atoms with Gasteiger partial charge in [0.2, 0.25) is 5.91 Å². The highest BCUT2D eigenvalue weighted by molar-refractivity contribution is 5.75. The summed E-state index contributed by atoms with van der Waals surface area (Å²) in [5, 5.41) is 4.38. The molecular weight excluding hydrogens is 340 g/mol. The van der Waals surface area contributed by atoms with Crippen molar-refractivity contribution in [2.45, 2.75) is 70.6 Å². The largest absolute Gasteiger partial charge is 0.375 e. The average Bonchev–Trinajstić information content (AvgIpc) is 3.27. The van der Waals surface area contributed by atoms with Crippen LogP contribution in [-0.2, 0) is 16.6 Å². The van der Waals surface area contributed by atoms with Crippen LogP contribution < -0.4 is 0 Å². The Hall–Kier alpha value is -1.40. The van der Waals surface area contributed by atoms with E-state index in [-0.39, 0.29) is 12.0 Å². The van der Waals surface area contributed by atoms with Gasteiger partial charge < -0.3 is 9.64 Å². The van der Waals surface area contributed by atoms with E-state index in [2.05, 4.69) is 30.0 Å². The van der Waals surface area contributed by atoms with Gasteiger partial charge >= 0.3 is 0 Å². The highest BCUT2D eigenvalue weighted by atomic mass is 16.5. The maximum Gasteiger partial charge on any atom is 0.222 e. The molecule has 0 radical (unpaired) electrons. The topological polar surface area (TPSA) is 50.6 Å². The molecule has 0 bridgehead atoms.